The number of fused-ring (bicyclic) bond motifs is 9. The molecule has 0 atom stereocenters. The number of rotatable bonds is 6. The second-order valence-electron chi connectivity index (χ2n) is 16.5. The molecule has 4 aromatic heterocycles. The average molecular weight is 819 g/mol. The lowest BCUT2D eigenvalue weighted by Gasteiger charge is -2.17. The molecule has 0 saturated heterocycles. The lowest BCUT2D eigenvalue weighted by atomic mass is 10.0. The Labute approximate surface area is 368 Å². The van der Waals surface area contributed by atoms with Gasteiger partial charge in [-0.05, 0) is 107 Å². The minimum atomic E-state index is -0.0640. The van der Waals surface area contributed by atoms with E-state index in [0.29, 0.717) is 5.39 Å². The first-order valence-electron chi connectivity index (χ1n) is 21.7. The van der Waals surface area contributed by atoms with Gasteiger partial charge in [-0.25, -0.2) is 0 Å². The van der Waals surface area contributed by atoms with E-state index in [-0.39, 0.29) is 5.56 Å². The standard InChI is InChI=1S/C59H38N4O/c64-59-48-27-12-15-30-54(48)63-57(40-19-6-2-7-20-40)38-49(39-17-4-1-5-18-39)58(63)62(59)45-24-16-23-44(37-45)61-53-29-14-11-26-47(53)51-36-42(32-34-56(51)61)41-31-33-55-50(35-41)46-25-10-13-28-52(46)60(55)43-21-8-3-9-22-43/h1-38H. The summed E-state index contributed by atoms with van der Waals surface area (Å²) in [5.41, 5.74) is 15.6. The molecule has 13 rings (SSSR count). The summed E-state index contributed by atoms with van der Waals surface area (Å²) in [4.78, 5) is 15.0. The van der Waals surface area contributed by atoms with Crippen molar-refractivity contribution in [3.63, 3.8) is 0 Å². The van der Waals surface area contributed by atoms with E-state index >= 15 is 4.79 Å². The summed E-state index contributed by atoms with van der Waals surface area (Å²) in [6.07, 6.45) is 0. The molecule has 300 valence electrons. The monoisotopic (exact) mass is 818 g/mol. The van der Waals surface area contributed by atoms with Gasteiger partial charge in [0.1, 0.15) is 5.65 Å². The van der Waals surface area contributed by atoms with Crippen LogP contribution in [0.2, 0.25) is 0 Å². The maximum absolute atomic E-state index is 15.0. The van der Waals surface area contributed by atoms with E-state index in [1.54, 1.807) is 0 Å². The molecule has 0 aliphatic carbocycles. The van der Waals surface area contributed by atoms with Gasteiger partial charge in [-0.15, -0.1) is 0 Å². The highest BCUT2D eigenvalue weighted by Gasteiger charge is 2.23. The van der Waals surface area contributed by atoms with Crippen LogP contribution in [-0.2, 0) is 0 Å². The van der Waals surface area contributed by atoms with Crippen LogP contribution in [0.4, 0.5) is 0 Å². The van der Waals surface area contributed by atoms with Crippen LogP contribution in [0.25, 0.3) is 111 Å². The van der Waals surface area contributed by atoms with Gasteiger partial charge in [0.05, 0.1) is 44.4 Å². The van der Waals surface area contributed by atoms with Crippen molar-refractivity contribution in [2.45, 2.75) is 0 Å². The molecule has 0 aliphatic rings. The zero-order chi connectivity index (χ0) is 42.3. The van der Waals surface area contributed by atoms with Gasteiger partial charge in [-0.2, -0.15) is 0 Å². The summed E-state index contributed by atoms with van der Waals surface area (Å²) in [6, 6.07) is 81.1. The van der Waals surface area contributed by atoms with Crippen molar-refractivity contribution >= 4 is 60.2 Å². The summed E-state index contributed by atoms with van der Waals surface area (Å²) in [5, 5.41) is 5.45. The molecule has 0 radical (unpaired) electrons. The van der Waals surface area contributed by atoms with Crippen LogP contribution in [0.3, 0.4) is 0 Å². The molecule has 0 fully saturated rings. The fraction of sp³-hybridized carbons (Fsp3) is 0. The lowest BCUT2D eigenvalue weighted by Crippen LogP contribution is -2.22. The van der Waals surface area contributed by atoms with Gasteiger partial charge in [-0.3, -0.25) is 13.8 Å². The van der Waals surface area contributed by atoms with E-state index in [1.165, 1.54) is 38.1 Å². The second-order valence-corrected chi connectivity index (χ2v) is 16.5. The van der Waals surface area contributed by atoms with Gasteiger partial charge >= 0.3 is 0 Å². The first-order chi connectivity index (χ1) is 31.7. The predicted octanol–water partition coefficient (Wildman–Crippen LogP) is 14.4. The largest absolute Gasteiger partial charge is 0.309 e. The van der Waals surface area contributed by atoms with Crippen molar-refractivity contribution in [2.75, 3.05) is 0 Å². The maximum atomic E-state index is 15.0. The number of benzene rings is 9. The van der Waals surface area contributed by atoms with Gasteiger partial charge in [0.25, 0.3) is 5.56 Å². The molecule has 0 aliphatic heterocycles. The molecule has 64 heavy (non-hydrogen) atoms. The summed E-state index contributed by atoms with van der Waals surface area (Å²) in [5.74, 6) is 0. The molecule has 5 nitrogen and oxygen atoms in total. The molecule has 5 heteroatoms. The Morgan fingerprint density at radius 1 is 0.281 bits per heavy atom. The Morgan fingerprint density at radius 2 is 0.734 bits per heavy atom. The Balaban J connectivity index is 1.01. The van der Waals surface area contributed by atoms with Crippen molar-refractivity contribution in [1.82, 2.24) is 18.1 Å². The van der Waals surface area contributed by atoms with E-state index in [9.17, 15) is 0 Å². The van der Waals surface area contributed by atoms with Gasteiger partial charge in [0.15, 0.2) is 0 Å². The normalized spacial score (nSPS) is 11.8. The third-order valence-electron chi connectivity index (χ3n) is 13.0. The fourth-order valence-electron chi connectivity index (χ4n) is 10.1. The molecule has 0 unspecified atom stereocenters. The smallest absolute Gasteiger partial charge is 0.266 e. The van der Waals surface area contributed by atoms with Crippen LogP contribution in [0.15, 0.2) is 235 Å². The third kappa shape index (κ3) is 5.41. The Hall–Kier alpha value is -8.67. The number of aromatic nitrogens is 4. The van der Waals surface area contributed by atoms with Crippen LogP contribution in [0, 0.1) is 0 Å². The fourth-order valence-corrected chi connectivity index (χ4v) is 10.1. The lowest BCUT2D eigenvalue weighted by molar-refractivity contribution is 0.998. The van der Waals surface area contributed by atoms with E-state index in [0.717, 1.165) is 67.2 Å². The number of para-hydroxylation sites is 4. The number of hydrogen-bond acceptors (Lipinski definition) is 1. The van der Waals surface area contributed by atoms with Crippen LogP contribution in [0.5, 0.6) is 0 Å². The summed E-state index contributed by atoms with van der Waals surface area (Å²) in [7, 11) is 0. The first-order valence-corrected chi connectivity index (χ1v) is 21.7. The van der Waals surface area contributed by atoms with Crippen LogP contribution in [-0.4, -0.2) is 18.1 Å². The third-order valence-corrected chi connectivity index (χ3v) is 13.0. The van der Waals surface area contributed by atoms with Crippen molar-refractivity contribution in [3.05, 3.63) is 241 Å². The number of nitrogens with zero attached hydrogens (tertiary/aromatic N) is 4. The van der Waals surface area contributed by atoms with Crippen LogP contribution < -0.4 is 5.56 Å². The molecule has 0 N–H and O–H groups in total. The summed E-state index contributed by atoms with van der Waals surface area (Å²) in [6.45, 7) is 0. The summed E-state index contributed by atoms with van der Waals surface area (Å²) < 4.78 is 8.87. The van der Waals surface area contributed by atoms with Gasteiger partial charge in [0, 0.05) is 38.5 Å². The highest BCUT2D eigenvalue weighted by Crippen LogP contribution is 2.40. The molecule has 9 aromatic carbocycles. The second kappa shape index (κ2) is 14.2. The van der Waals surface area contributed by atoms with Crippen molar-refractivity contribution < 1.29 is 0 Å². The molecular formula is C59H38N4O. The van der Waals surface area contributed by atoms with Crippen molar-refractivity contribution in [2.24, 2.45) is 0 Å². The maximum Gasteiger partial charge on any atom is 0.266 e. The molecule has 0 spiro atoms. The highest BCUT2D eigenvalue weighted by atomic mass is 16.1. The van der Waals surface area contributed by atoms with Gasteiger partial charge < -0.3 is 9.13 Å². The minimum absolute atomic E-state index is 0.0640. The van der Waals surface area contributed by atoms with E-state index in [4.69, 9.17) is 0 Å². The quantitative estimate of drug-likeness (QED) is 0.165. The SMILES string of the molecule is O=c1c2ccccc2n2c(-c3ccccc3)cc(-c3ccccc3)c2n1-c1cccc(-n2c3ccccc3c3cc(-c4ccc5c(c4)c4ccccc4n5-c4ccccc4)ccc32)c1. The Morgan fingerprint density at radius 3 is 1.34 bits per heavy atom. The summed E-state index contributed by atoms with van der Waals surface area (Å²) >= 11 is 0. The van der Waals surface area contributed by atoms with E-state index in [1.807, 2.05) is 34.9 Å². The Kier molecular flexibility index (Phi) is 7.99. The zero-order valence-corrected chi connectivity index (χ0v) is 34.6. The molecular weight excluding hydrogens is 781 g/mol. The van der Waals surface area contributed by atoms with Gasteiger partial charge in [0.2, 0.25) is 0 Å². The Bertz CT molecular complexity index is 4020. The van der Waals surface area contributed by atoms with Gasteiger partial charge in [-0.1, -0.05) is 146 Å². The number of hydrogen-bond donors (Lipinski definition) is 0. The zero-order valence-electron chi connectivity index (χ0n) is 34.6. The molecule has 4 heterocycles. The van der Waals surface area contributed by atoms with E-state index < -0.39 is 0 Å². The average Bonchev–Trinajstić information content (AvgIpc) is 4.03. The molecule has 0 amide bonds. The van der Waals surface area contributed by atoms with Crippen LogP contribution in [0.1, 0.15) is 0 Å². The molecule has 13 aromatic rings. The molecule has 0 saturated carbocycles. The van der Waals surface area contributed by atoms with E-state index in [2.05, 4.69) is 214 Å². The van der Waals surface area contributed by atoms with Crippen molar-refractivity contribution in [3.8, 4) is 50.6 Å². The minimum Gasteiger partial charge on any atom is -0.309 e. The van der Waals surface area contributed by atoms with Crippen LogP contribution >= 0.6 is 0 Å². The highest BCUT2D eigenvalue weighted by molar-refractivity contribution is 6.12. The predicted molar refractivity (Wildman–Crippen MR) is 265 cm³/mol. The van der Waals surface area contributed by atoms with Crippen molar-refractivity contribution in [1.29, 1.82) is 0 Å². The molecule has 0 bridgehead atoms. The first kappa shape index (κ1) is 36.0. The topological polar surface area (TPSA) is 36.3 Å².